The maximum Gasteiger partial charge on any atom is 0.182 e. The number of hydrogen-bond donors (Lipinski definition) is 1. The van der Waals surface area contributed by atoms with Crippen LogP contribution in [0.2, 0.25) is 0 Å². The summed E-state index contributed by atoms with van der Waals surface area (Å²) in [5.41, 5.74) is 3.89. The second-order valence-electron chi connectivity index (χ2n) is 7.02. The van der Waals surface area contributed by atoms with E-state index in [-0.39, 0.29) is 0 Å². The smallest absolute Gasteiger partial charge is 0.182 e. The van der Waals surface area contributed by atoms with Crippen LogP contribution < -0.4 is 0 Å². The van der Waals surface area contributed by atoms with Gasteiger partial charge < -0.3 is 9.84 Å². The molecule has 4 aromatic rings. The van der Waals surface area contributed by atoms with E-state index >= 15 is 0 Å². The second kappa shape index (κ2) is 8.09. The Balaban J connectivity index is 1.97. The third-order valence-corrected chi connectivity index (χ3v) is 5.16. The normalized spacial score (nSPS) is 12.5. The zero-order valence-electron chi connectivity index (χ0n) is 16.4. The third kappa shape index (κ3) is 3.39. The molecule has 0 fully saturated rings. The van der Waals surface area contributed by atoms with Gasteiger partial charge in [-0.2, -0.15) is 0 Å². The molecule has 0 saturated heterocycles. The highest BCUT2D eigenvalue weighted by Gasteiger charge is 2.19. The first-order chi connectivity index (χ1) is 13.7. The van der Waals surface area contributed by atoms with E-state index in [9.17, 15) is 5.11 Å². The summed E-state index contributed by atoms with van der Waals surface area (Å²) >= 11 is 0. The van der Waals surface area contributed by atoms with Crippen LogP contribution >= 0.6 is 0 Å². The van der Waals surface area contributed by atoms with Crippen molar-refractivity contribution >= 4 is 21.5 Å². The average molecular weight is 371 g/mol. The molecule has 1 heterocycles. The van der Waals surface area contributed by atoms with Crippen LogP contribution in [0.25, 0.3) is 32.8 Å². The Morgan fingerprint density at radius 3 is 2.61 bits per heavy atom. The van der Waals surface area contributed by atoms with Gasteiger partial charge in [0.25, 0.3) is 0 Å². The lowest BCUT2D eigenvalue weighted by Crippen LogP contribution is -2.06. The van der Waals surface area contributed by atoms with Crippen molar-refractivity contribution in [2.24, 2.45) is 0 Å². The van der Waals surface area contributed by atoms with E-state index in [1.807, 2.05) is 37.4 Å². The molecule has 1 N–H and O–H groups in total. The molecule has 0 aliphatic rings. The molecule has 3 aromatic carbocycles. The van der Waals surface area contributed by atoms with Crippen LogP contribution in [-0.2, 0) is 11.2 Å². The minimum atomic E-state index is -0.998. The van der Waals surface area contributed by atoms with Crippen LogP contribution in [0.4, 0.5) is 0 Å². The number of nitrogens with zero attached hydrogens (tertiary/aromatic N) is 1. The summed E-state index contributed by atoms with van der Waals surface area (Å²) < 4.78 is 5.59. The third-order valence-electron chi connectivity index (χ3n) is 5.16. The highest BCUT2D eigenvalue weighted by Crippen LogP contribution is 2.37. The Labute approximate surface area is 165 Å². The van der Waals surface area contributed by atoms with E-state index in [1.165, 1.54) is 10.9 Å². The van der Waals surface area contributed by atoms with Crippen molar-refractivity contribution in [3.05, 3.63) is 78.0 Å². The van der Waals surface area contributed by atoms with Crippen LogP contribution in [0, 0.1) is 0 Å². The molecule has 142 valence electrons. The number of fused-ring (bicyclic) bond motifs is 2. The SMILES string of the molecule is CCCc1ccc2c(-c3ccc4ccccc4c3C(O)OCC)nccc2c1. The minimum absolute atomic E-state index is 0.438. The van der Waals surface area contributed by atoms with Gasteiger partial charge in [-0.1, -0.05) is 67.9 Å². The van der Waals surface area contributed by atoms with Crippen LogP contribution in [0.15, 0.2) is 66.9 Å². The molecule has 0 aliphatic carbocycles. The van der Waals surface area contributed by atoms with Gasteiger partial charge in [0.15, 0.2) is 6.29 Å². The number of benzene rings is 3. The van der Waals surface area contributed by atoms with E-state index < -0.39 is 6.29 Å². The van der Waals surface area contributed by atoms with Crippen molar-refractivity contribution in [2.75, 3.05) is 6.61 Å². The van der Waals surface area contributed by atoms with Crippen LogP contribution in [-0.4, -0.2) is 16.7 Å². The van der Waals surface area contributed by atoms with E-state index in [1.54, 1.807) is 0 Å². The Morgan fingerprint density at radius 2 is 1.79 bits per heavy atom. The first-order valence-electron chi connectivity index (χ1n) is 9.92. The second-order valence-corrected chi connectivity index (χ2v) is 7.02. The summed E-state index contributed by atoms with van der Waals surface area (Å²) in [5, 5.41) is 15.1. The molecular weight excluding hydrogens is 346 g/mol. The lowest BCUT2D eigenvalue weighted by molar-refractivity contribution is -0.0966. The largest absolute Gasteiger partial charge is 0.364 e. The maximum atomic E-state index is 10.8. The Morgan fingerprint density at radius 1 is 0.929 bits per heavy atom. The van der Waals surface area contributed by atoms with Crippen molar-refractivity contribution in [3.8, 4) is 11.3 Å². The number of aliphatic hydroxyl groups is 1. The Bertz CT molecular complexity index is 1120. The van der Waals surface area contributed by atoms with E-state index in [2.05, 4.69) is 43.3 Å². The molecule has 3 heteroatoms. The van der Waals surface area contributed by atoms with Crippen molar-refractivity contribution in [3.63, 3.8) is 0 Å². The number of rotatable bonds is 6. The molecule has 1 aromatic heterocycles. The molecule has 4 rings (SSSR count). The van der Waals surface area contributed by atoms with Gasteiger partial charge in [-0.3, -0.25) is 4.98 Å². The molecule has 0 bridgehead atoms. The molecule has 0 spiro atoms. The predicted molar refractivity (Wildman–Crippen MR) is 115 cm³/mol. The lowest BCUT2D eigenvalue weighted by atomic mass is 9.93. The number of aromatic nitrogens is 1. The van der Waals surface area contributed by atoms with Crippen LogP contribution in [0.3, 0.4) is 0 Å². The molecule has 1 unspecified atom stereocenters. The van der Waals surface area contributed by atoms with E-state index in [4.69, 9.17) is 9.72 Å². The predicted octanol–water partition coefficient (Wildman–Crippen LogP) is 6.03. The Kier molecular flexibility index (Phi) is 5.38. The van der Waals surface area contributed by atoms with Crippen LogP contribution in [0.1, 0.15) is 37.7 Å². The molecule has 28 heavy (non-hydrogen) atoms. The molecular formula is C25H25NO2. The highest BCUT2D eigenvalue weighted by atomic mass is 16.6. The number of pyridine rings is 1. The van der Waals surface area contributed by atoms with Crippen molar-refractivity contribution < 1.29 is 9.84 Å². The first-order valence-corrected chi connectivity index (χ1v) is 9.92. The topological polar surface area (TPSA) is 42.4 Å². The fourth-order valence-corrected chi connectivity index (χ4v) is 3.90. The van der Waals surface area contributed by atoms with Gasteiger partial charge in [-0.15, -0.1) is 0 Å². The van der Waals surface area contributed by atoms with Gasteiger partial charge in [0.2, 0.25) is 0 Å². The van der Waals surface area contributed by atoms with Gasteiger partial charge in [-0.05, 0) is 41.1 Å². The molecule has 0 aliphatic heterocycles. The van der Waals surface area contributed by atoms with Gasteiger partial charge >= 0.3 is 0 Å². The lowest BCUT2D eigenvalue weighted by Gasteiger charge is -2.19. The van der Waals surface area contributed by atoms with Crippen LogP contribution in [0.5, 0.6) is 0 Å². The maximum absolute atomic E-state index is 10.8. The van der Waals surface area contributed by atoms with Gasteiger partial charge in [0.1, 0.15) is 0 Å². The van der Waals surface area contributed by atoms with Crippen molar-refractivity contribution in [1.82, 2.24) is 4.98 Å². The molecule has 0 radical (unpaired) electrons. The Hall–Kier alpha value is -2.75. The summed E-state index contributed by atoms with van der Waals surface area (Å²) in [5.74, 6) is 0. The number of aryl methyl sites for hydroxylation is 1. The molecule has 0 amide bonds. The van der Waals surface area contributed by atoms with E-state index in [0.29, 0.717) is 6.61 Å². The van der Waals surface area contributed by atoms with Gasteiger partial charge in [0.05, 0.1) is 5.69 Å². The highest BCUT2D eigenvalue weighted by molar-refractivity contribution is 5.99. The van der Waals surface area contributed by atoms with Gasteiger partial charge in [0, 0.05) is 29.3 Å². The molecule has 3 nitrogen and oxygen atoms in total. The summed E-state index contributed by atoms with van der Waals surface area (Å²) in [4.78, 5) is 4.70. The van der Waals surface area contributed by atoms with Crippen molar-refractivity contribution in [1.29, 1.82) is 0 Å². The number of ether oxygens (including phenoxy) is 1. The summed E-state index contributed by atoms with van der Waals surface area (Å²) in [7, 11) is 0. The zero-order valence-corrected chi connectivity index (χ0v) is 16.4. The zero-order chi connectivity index (χ0) is 19.5. The fourth-order valence-electron chi connectivity index (χ4n) is 3.90. The standard InChI is InChI=1S/C25H25NO2/c1-3-7-17-10-12-21-19(16-17)14-15-26-24(21)22-13-11-18-8-5-6-9-20(18)23(22)25(27)28-4-2/h5-6,8-16,25,27H,3-4,7H2,1-2H3. The first kappa shape index (κ1) is 18.6. The number of hydrogen-bond acceptors (Lipinski definition) is 3. The molecule has 0 saturated carbocycles. The van der Waals surface area contributed by atoms with E-state index in [0.717, 1.165) is 45.8 Å². The van der Waals surface area contributed by atoms with Crippen molar-refractivity contribution in [2.45, 2.75) is 33.0 Å². The molecule has 1 atom stereocenters. The summed E-state index contributed by atoms with van der Waals surface area (Å²) in [6.45, 7) is 4.52. The quantitative estimate of drug-likeness (QED) is 0.420. The number of aliphatic hydroxyl groups excluding tert-OH is 1. The monoisotopic (exact) mass is 371 g/mol. The summed E-state index contributed by atoms with van der Waals surface area (Å²) in [6, 6.07) is 20.8. The fraction of sp³-hybridized carbons (Fsp3) is 0.240. The summed E-state index contributed by atoms with van der Waals surface area (Å²) in [6.07, 6.45) is 3.04. The average Bonchev–Trinajstić information content (AvgIpc) is 2.72. The minimum Gasteiger partial charge on any atom is -0.364 e. The van der Waals surface area contributed by atoms with Gasteiger partial charge in [-0.25, -0.2) is 0 Å².